The summed E-state index contributed by atoms with van der Waals surface area (Å²) in [6.07, 6.45) is 3.14. The predicted molar refractivity (Wildman–Crippen MR) is 95.0 cm³/mol. The van der Waals surface area contributed by atoms with Crippen LogP contribution in [0, 0.1) is 0 Å². The maximum absolute atomic E-state index is 12.5. The predicted octanol–water partition coefficient (Wildman–Crippen LogP) is 4.89. The molecule has 2 aromatic carbocycles. The van der Waals surface area contributed by atoms with E-state index in [0.717, 1.165) is 16.8 Å². The number of nitrogens with zero attached hydrogens (tertiary/aromatic N) is 1. The molecule has 122 valence electrons. The van der Waals surface area contributed by atoms with Crippen LogP contribution < -0.4 is 5.32 Å². The molecule has 3 rings (SSSR count). The second-order valence-corrected chi connectivity index (χ2v) is 6.70. The van der Waals surface area contributed by atoms with Crippen molar-refractivity contribution < 1.29 is 9.21 Å². The molecule has 1 amide bonds. The summed E-state index contributed by atoms with van der Waals surface area (Å²) >= 11 is 0. The number of benzene rings is 2. The van der Waals surface area contributed by atoms with Gasteiger partial charge < -0.3 is 9.73 Å². The van der Waals surface area contributed by atoms with E-state index in [1.165, 1.54) is 6.26 Å². The maximum Gasteiger partial charge on any atom is 0.255 e. The summed E-state index contributed by atoms with van der Waals surface area (Å²) in [5.41, 5.74) is 3.39. The van der Waals surface area contributed by atoms with Gasteiger partial charge in [-0.3, -0.25) is 4.79 Å². The van der Waals surface area contributed by atoms with Crippen LogP contribution in [0.15, 0.2) is 65.4 Å². The van der Waals surface area contributed by atoms with Crippen molar-refractivity contribution in [1.82, 2.24) is 4.98 Å². The average molecular weight is 320 g/mol. The van der Waals surface area contributed by atoms with Gasteiger partial charge in [-0.1, -0.05) is 32.9 Å². The quantitative estimate of drug-likeness (QED) is 0.747. The van der Waals surface area contributed by atoms with Gasteiger partial charge in [-0.05, 0) is 47.4 Å². The zero-order chi connectivity index (χ0) is 17.2. The number of rotatable bonds is 3. The van der Waals surface area contributed by atoms with Crippen LogP contribution in [0.2, 0.25) is 0 Å². The molecule has 0 saturated heterocycles. The number of carbonyl (C=O) groups is 1. The highest BCUT2D eigenvalue weighted by Gasteiger charge is 2.15. The van der Waals surface area contributed by atoms with Gasteiger partial charge in [0, 0.05) is 16.8 Å². The van der Waals surface area contributed by atoms with Gasteiger partial charge >= 0.3 is 0 Å². The molecule has 4 nitrogen and oxygen atoms in total. The first-order valence-corrected chi connectivity index (χ1v) is 7.85. The fourth-order valence-electron chi connectivity index (χ4n) is 2.39. The highest BCUT2D eigenvalue weighted by Crippen LogP contribution is 2.24. The molecule has 0 bridgehead atoms. The van der Waals surface area contributed by atoms with Crippen molar-refractivity contribution in [3.05, 3.63) is 72.1 Å². The molecular formula is C20H20N2O2. The summed E-state index contributed by atoms with van der Waals surface area (Å²) in [4.78, 5) is 16.6. The lowest BCUT2D eigenvalue weighted by Gasteiger charge is -2.19. The first-order valence-electron chi connectivity index (χ1n) is 7.85. The summed E-state index contributed by atoms with van der Waals surface area (Å²) in [7, 11) is 0. The lowest BCUT2D eigenvalue weighted by molar-refractivity contribution is 0.102. The molecule has 0 radical (unpaired) electrons. The van der Waals surface area contributed by atoms with Crippen LogP contribution in [-0.2, 0) is 5.41 Å². The van der Waals surface area contributed by atoms with Crippen LogP contribution in [0.5, 0.6) is 0 Å². The Hall–Kier alpha value is -2.88. The summed E-state index contributed by atoms with van der Waals surface area (Å²) < 4.78 is 5.26. The second-order valence-electron chi connectivity index (χ2n) is 6.70. The molecule has 1 N–H and O–H groups in total. The number of anilines is 1. The van der Waals surface area contributed by atoms with Crippen LogP contribution >= 0.6 is 0 Å². The van der Waals surface area contributed by atoms with Crippen molar-refractivity contribution in [2.24, 2.45) is 0 Å². The Balaban J connectivity index is 1.75. The molecule has 0 unspecified atom stereocenters. The van der Waals surface area contributed by atoms with Gasteiger partial charge in [-0.25, -0.2) is 4.98 Å². The van der Waals surface area contributed by atoms with Crippen molar-refractivity contribution in [2.75, 3.05) is 5.32 Å². The third-order valence-corrected chi connectivity index (χ3v) is 3.81. The number of hydrogen-bond acceptors (Lipinski definition) is 3. The number of nitrogens with one attached hydrogen (secondary N) is 1. The molecular weight excluding hydrogens is 300 g/mol. The molecule has 1 heterocycles. The van der Waals surface area contributed by atoms with Crippen LogP contribution in [0.4, 0.5) is 5.69 Å². The summed E-state index contributed by atoms with van der Waals surface area (Å²) in [5, 5.41) is 2.92. The van der Waals surface area contributed by atoms with Crippen molar-refractivity contribution in [3.8, 4) is 11.5 Å². The van der Waals surface area contributed by atoms with E-state index in [2.05, 4.69) is 31.1 Å². The molecule has 1 aromatic heterocycles. The fourth-order valence-corrected chi connectivity index (χ4v) is 2.39. The Kier molecular flexibility index (Phi) is 4.21. The van der Waals surface area contributed by atoms with Gasteiger partial charge in [0.2, 0.25) is 5.89 Å². The Morgan fingerprint density at radius 2 is 1.83 bits per heavy atom. The number of aromatic nitrogens is 1. The van der Waals surface area contributed by atoms with Crippen LogP contribution in [0.3, 0.4) is 0 Å². The van der Waals surface area contributed by atoms with E-state index in [1.54, 1.807) is 6.20 Å². The standard InChI is InChI=1S/C20H20N2O2/c1-20(2,3)16-6-4-5-15(13-16)18(23)22-17-9-7-14(8-10-17)19-21-11-12-24-19/h4-13H,1-3H3,(H,22,23). The Bertz CT molecular complexity index is 829. The number of hydrogen-bond donors (Lipinski definition) is 1. The summed E-state index contributed by atoms with van der Waals surface area (Å²) in [6.45, 7) is 6.39. The van der Waals surface area contributed by atoms with Crippen molar-refractivity contribution in [3.63, 3.8) is 0 Å². The monoisotopic (exact) mass is 320 g/mol. The summed E-state index contributed by atoms with van der Waals surface area (Å²) in [6, 6.07) is 15.1. The van der Waals surface area contributed by atoms with E-state index >= 15 is 0 Å². The molecule has 24 heavy (non-hydrogen) atoms. The van der Waals surface area contributed by atoms with Gasteiger partial charge in [-0.2, -0.15) is 0 Å². The van der Waals surface area contributed by atoms with Crippen molar-refractivity contribution >= 4 is 11.6 Å². The van der Waals surface area contributed by atoms with Crippen LogP contribution in [-0.4, -0.2) is 10.9 Å². The molecule has 0 atom stereocenters. The normalized spacial score (nSPS) is 11.3. The maximum atomic E-state index is 12.5. The van der Waals surface area contributed by atoms with Crippen LogP contribution in [0.25, 0.3) is 11.5 Å². The smallest absolute Gasteiger partial charge is 0.255 e. The SMILES string of the molecule is CC(C)(C)c1cccc(C(=O)Nc2ccc(-c3ncco3)cc2)c1. The van der Waals surface area contributed by atoms with Gasteiger partial charge in [0.1, 0.15) is 6.26 Å². The van der Waals surface area contributed by atoms with E-state index in [1.807, 2.05) is 48.5 Å². The Labute approximate surface area is 141 Å². The first kappa shape index (κ1) is 16.0. The Morgan fingerprint density at radius 3 is 2.46 bits per heavy atom. The van der Waals surface area contributed by atoms with E-state index in [4.69, 9.17) is 4.42 Å². The molecule has 0 aliphatic heterocycles. The Morgan fingerprint density at radius 1 is 1.08 bits per heavy atom. The lowest BCUT2D eigenvalue weighted by atomic mass is 9.86. The van der Waals surface area contributed by atoms with Gasteiger partial charge in [0.25, 0.3) is 5.91 Å². The van der Waals surface area contributed by atoms with Crippen molar-refractivity contribution in [2.45, 2.75) is 26.2 Å². The molecule has 4 heteroatoms. The minimum Gasteiger partial charge on any atom is -0.445 e. The van der Waals surface area contributed by atoms with E-state index in [-0.39, 0.29) is 11.3 Å². The topological polar surface area (TPSA) is 55.1 Å². The molecule has 0 saturated carbocycles. The summed E-state index contributed by atoms with van der Waals surface area (Å²) in [5.74, 6) is 0.440. The van der Waals surface area contributed by atoms with Crippen molar-refractivity contribution in [1.29, 1.82) is 0 Å². The molecule has 3 aromatic rings. The van der Waals surface area contributed by atoms with Crippen LogP contribution in [0.1, 0.15) is 36.7 Å². The van der Waals surface area contributed by atoms with Gasteiger partial charge in [-0.15, -0.1) is 0 Å². The molecule has 0 spiro atoms. The second kappa shape index (κ2) is 6.32. The van der Waals surface area contributed by atoms with E-state index in [9.17, 15) is 4.79 Å². The third kappa shape index (κ3) is 3.54. The highest BCUT2D eigenvalue weighted by molar-refractivity contribution is 6.04. The number of amides is 1. The number of carbonyl (C=O) groups excluding carboxylic acids is 1. The third-order valence-electron chi connectivity index (χ3n) is 3.81. The lowest BCUT2D eigenvalue weighted by Crippen LogP contribution is -2.15. The average Bonchev–Trinajstić information content (AvgIpc) is 3.09. The minimum atomic E-state index is -0.120. The fraction of sp³-hybridized carbons (Fsp3) is 0.200. The van der Waals surface area contributed by atoms with E-state index < -0.39 is 0 Å². The first-order chi connectivity index (χ1) is 11.4. The largest absolute Gasteiger partial charge is 0.445 e. The zero-order valence-corrected chi connectivity index (χ0v) is 14.0. The van der Waals surface area contributed by atoms with Gasteiger partial charge in [0.15, 0.2) is 0 Å². The zero-order valence-electron chi connectivity index (χ0n) is 14.0. The minimum absolute atomic E-state index is 0.00792. The van der Waals surface area contributed by atoms with Gasteiger partial charge in [0.05, 0.1) is 6.20 Å². The molecule has 0 aliphatic rings. The number of oxazole rings is 1. The van der Waals surface area contributed by atoms with E-state index in [0.29, 0.717) is 11.5 Å². The molecule has 0 aliphatic carbocycles. The highest BCUT2D eigenvalue weighted by atomic mass is 16.3. The molecule has 0 fully saturated rings.